The number of thiophene rings is 1. The van der Waals surface area contributed by atoms with Crippen molar-refractivity contribution in [1.29, 1.82) is 0 Å². The molecule has 21 heavy (non-hydrogen) atoms. The van der Waals surface area contributed by atoms with Crippen LogP contribution in [0.5, 0.6) is 0 Å². The van der Waals surface area contributed by atoms with E-state index in [9.17, 15) is 9.90 Å². The van der Waals surface area contributed by atoms with Crippen molar-refractivity contribution in [2.75, 3.05) is 19.7 Å². The summed E-state index contributed by atoms with van der Waals surface area (Å²) in [6, 6.07) is 3.73. The second-order valence-corrected chi connectivity index (χ2v) is 7.56. The van der Waals surface area contributed by atoms with Crippen molar-refractivity contribution in [2.45, 2.75) is 39.2 Å². The molecule has 1 aromatic heterocycles. The van der Waals surface area contributed by atoms with Gasteiger partial charge in [-0.2, -0.15) is 0 Å². The first-order valence-electron chi connectivity index (χ1n) is 7.41. The molecule has 1 aromatic rings. The lowest BCUT2D eigenvalue weighted by atomic mass is 9.77. The summed E-state index contributed by atoms with van der Waals surface area (Å²) in [7, 11) is 0. The molecule has 0 radical (unpaired) electrons. The molecular weight excluding hydrogens is 308 g/mol. The van der Waals surface area contributed by atoms with Crippen molar-refractivity contribution in [3.63, 3.8) is 0 Å². The molecule has 118 valence electrons. The molecule has 2 amide bonds. The van der Waals surface area contributed by atoms with Gasteiger partial charge in [0, 0.05) is 24.6 Å². The highest BCUT2D eigenvalue weighted by Gasteiger charge is 2.34. The van der Waals surface area contributed by atoms with E-state index < -0.39 is 0 Å². The standard InChI is InChI=1S/C15H23ClN2O2S/c1-3-15(10-19)6-8-18(9-7-15)14(20)17-11(2)12-4-5-13(16)21-12/h4-5,11,19H,3,6-10H2,1-2H3,(H,17,20). The Hall–Kier alpha value is -0.780. The zero-order valence-corrected chi connectivity index (χ0v) is 14.1. The molecule has 4 nitrogen and oxygen atoms in total. The second kappa shape index (κ2) is 6.99. The van der Waals surface area contributed by atoms with E-state index in [1.54, 1.807) is 0 Å². The van der Waals surface area contributed by atoms with E-state index in [4.69, 9.17) is 11.6 Å². The Morgan fingerprint density at radius 2 is 2.19 bits per heavy atom. The van der Waals surface area contributed by atoms with Gasteiger partial charge in [-0.25, -0.2) is 4.79 Å². The fraction of sp³-hybridized carbons (Fsp3) is 0.667. The van der Waals surface area contributed by atoms with E-state index >= 15 is 0 Å². The van der Waals surface area contributed by atoms with Crippen molar-refractivity contribution >= 4 is 29.0 Å². The Kier molecular flexibility index (Phi) is 5.52. The molecule has 1 atom stereocenters. The fourth-order valence-electron chi connectivity index (χ4n) is 2.72. The molecule has 0 aliphatic carbocycles. The molecule has 2 heterocycles. The number of amides is 2. The van der Waals surface area contributed by atoms with Crippen LogP contribution in [0, 0.1) is 5.41 Å². The molecule has 1 fully saturated rings. The first-order valence-corrected chi connectivity index (χ1v) is 8.60. The maximum Gasteiger partial charge on any atom is 0.317 e. The van der Waals surface area contributed by atoms with Crippen LogP contribution in [-0.2, 0) is 0 Å². The van der Waals surface area contributed by atoms with Gasteiger partial charge < -0.3 is 15.3 Å². The van der Waals surface area contributed by atoms with Crippen molar-refractivity contribution < 1.29 is 9.90 Å². The molecule has 1 saturated heterocycles. The molecule has 1 aliphatic heterocycles. The minimum absolute atomic E-state index is 0.00364. The zero-order valence-electron chi connectivity index (χ0n) is 12.6. The van der Waals surface area contributed by atoms with Crippen LogP contribution in [0.3, 0.4) is 0 Å². The number of rotatable bonds is 4. The average molecular weight is 331 g/mol. The third-order valence-electron chi connectivity index (χ3n) is 4.56. The SMILES string of the molecule is CCC1(CO)CCN(C(=O)NC(C)c2ccc(Cl)s2)CC1. The molecule has 0 bridgehead atoms. The number of hydrogen-bond acceptors (Lipinski definition) is 3. The molecule has 0 spiro atoms. The number of halogens is 1. The second-order valence-electron chi connectivity index (χ2n) is 5.81. The highest BCUT2D eigenvalue weighted by Crippen LogP contribution is 2.34. The zero-order chi connectivity index (χ0) is 15.5. The van der Waals surface area contributed by atoms with Gasteiger partial charge in [0.1, 0.15) is 0 Å². The van der Waals surface area contributed by atoms with Crippen molar-refractivity contribution in [3.05, 3.63) is 21.3 Å². The first-order chi connectivity index (χ1) is 9.99. The molecule has 2 rings (SSSR count). The van der Waals surface area contributed by atoms with Gasteiger partial charge in [0.15, 0.2) is 0 Å². The van der Waals surface area contributed by atoms with E-state index in [0.29, 0.717) is 13.1 Å². The molecular formula is C15H23ClN2O2S. The van der Waals surface area contributed by atoms with Gasteiger partial charge >= 0.3 is 6.03 Å². The summed E-state index contributed by atoms with van der Waals surface area (Å²) in [5, 5.41) is 12.6. The first kappa shape index (κ1) is 16.6. The predicted molar refractivity (Wildman–Crippen MR) is 86.9 cm³/mol. The normalized spacial score (nSPS) is 19.3. The molecule has 0 saturated carbocycles. The molecule has 2 N–H and O–H groups in total. The number of likely N-dealkylation sites (tertiary alicyclic amines) is 1. The number of carbonyl (C=O) groups excluding carboxylic acids is 1. The van der Waals surface area contributed by atoms with Crippen molar-refractivity contribution in [2.24, 2.45) is 5.41 Å². The fourth-order valence-corrected chi connectivity index (χ4v) is 3.78. The quantitative estimate of drug-likeness (QED) is 0.885. The third-order valence-corrected chi connectivity index (χ3v) is 5.97. The number of hydrogen-bond donors (Lipinski definition) is 2. The van der Waals surface area contributed by atoms with Crippen LogP contribution in [0.25, 0.3) is 0 Å². The van der Waals surface area contributed by atoms with Gasteiger partial charge in [0.25, 0.3) is 0 Å². The largest absolute Gasteiger partial charge is 0.396 e. The van der Waals surface area contributed by atoms with Gasteiger partial charge in [0.2, 0.25) is 0 Å². The topological polar surface area (TPSA) is 52.6 Å². The lowest BCUT2D eigenvalue weighted by Crippen LogP contribution is -2.48. The number of aliphatic hydroxyl groups is 1. The highest BCUT2D eigenvalue weighted by molar-refractivity contribution is 7.16. The van der Waals surface area contributed by atoms with Gasteiger partial charge in [-0.1, -0.05) is 18.5 Å². The number of aliphatic hydroxyl groups excluding tert-OH is 1. The third kappa shape index (κ3) is 3.90. The van der Waals surface area contributed by atoms with E-state index in [2.05, 4.69) is 12.2 Å². The molecule has 1 aliphatic rings. The van der Waals surface area contributed by atoms with Crippen LogP contribution >= 0.6 is 22.9 Å². The monoisotopic (exact) mass is 330 g/mol. The van der Waals surface area contributed by atoms with Crippen molar-refractivity contribution in [1.82, 2.24) is 10.2 Å². The Morgan fingerprint density at radius 3 is 2.67 bits per heavy atom. The summed E-state index contributed by atoms with van der Waals surface area (Å²) < 4.78 is 0.736. The molecule has 1 unspecified atom stereocenters. The number of nitrogens with zero attached hydrogens (tertiary/aromatic N) is 1. The Bertz CT molecular complexity index is 478. The number of piperidine rings is 1. The summed E-state index contributed by atoms with van der Waals surface area (Å²) in [6.07, 6.45) is 2.70. The lowest BCUT2D eigenvalue weighted by molar-refractivity contribution is 0.0516. The van der Waals surface area contributed by atoms with E-state index in [-0.39, 0.29) is 24.1 Å². The minimum atomic E-state index is -0.0364. The van der Waals surface area contributed by atoms with E-state index in [1.165, 1.54) is 11.3 Å². The Morgan fingerprint density at radius 1 is 1.52 bits per heavy atom. The van der Waals surface area contributed by atoms with Crippen LogP contribution in [0.2, 0.25) is 4.34 Å². The predicted octanol–water partition coefficient (Wildman–Crippen LogP) is 3.66. The lowest BCUT2D eigenvalue weighted by Gasteiger charge is -2.40. The minimum Gasteiger partial charge on any atom is -0.396 e. The van der Waals surface area contributed by atoms with Gasteiger partial charge in [0.05, 0.1) is 10.4 Å². The summed E-state index contributed by atoms with van der Waals surface area (Å²) in [6.45, 7) is 5.70. The highest BCUT2D eigenvalue weighted by atomic mass is 35.5. The van der Waals surface area contributed by atoms with Crippen LogP contribution in [0.15, 0.2) is 12.1 Å². The van der Waals surface area contributed by atoms with Gasteiger partial charge in [-0.15, -0.1) is 11.3 Å². The van der Waals surface area contributed by atoms with E-state index in [0.717, 1.165) is 28.5 Å². The molecule has 0 aromatic carbocycles. The number of nitrogens with one attached hydrogen (secondary N) is 1. The van der Waals surface area contributed by atoms with Gasteiger partial charge in [-0.3, -0.25) is 0 Å². The summed E-state index contributed by atoms with van der Waals surface area (Å²) in [5.41, 5.74) is 0.00364. The van der Waals surface area contributed by atoms with E-state index in [1.807, 2.05) is 24.0 Å². The Balaban J connectivity index is 1.87. The maximum absolute atomic E-state index is 12.3. The van der Waals surface area contributed by atoms with Gasteiger partial charge in [-0.05, 0) is 43.7 Å². The van der Waals surface area contributed by atoms with Crippen LogP contribution in [-0.4, -0.2) is 35.7 Å². The smallest absolute Gasteiger partial charge is 0.317 e. The summed E-state index contributed by atoms with van der Waals surface area (Å²) >= 11 is 7.42. The number of carbonyl (C=O) groups is 1. The summed E-state index contributed by atoms with van der Waals surface area (Å²) in [4.78, 5) is 15.2. The summed E-state index contributed by atoms with van der Waals surface area (Å²) in [5.74, 6) is 0. The number of urea groups is 1. The van der Waals surface area contributed by atoms with Crippen LogP contribution in [0.1, 0.15) is 44.0 Å². The van der Waals surface area contributed by atoms with Crippen molar-refractivity contribution in [3.8, 4) is 0 Å². The van der Waals surface area contributed by atoms with Crippen LogP contribution < -0.4 is 5.32 Å². The maximum atomic E-state index is 12.3. The molecule has 6 heteroatoms. The van der Waals surface area contributed by atoms with Crippen LogP contribution in [0.4, 0.5) is 4.79 Å². The average Bonchev–Trinajstić information content (AvgIpc) is 2.94. The Labute approximate surface area is 135 Å².